The molecule has 0 fully saturated rings. The number of aliphatic imine (C=N–C) groups is 1. The van der Waals surface area contributed by atoms with Crippen molar-refractivity contribution >= 4 is 6.21 Å². The first kappa shape index (κ1) is 19.0. The summed E-state index contributed by atoms with van der Waals surface area (Å²) < 4.78 is 0. The average Bonchev–Trinajstić information content (AvgIpc) is 2.33. The number of rotatable bonds is 5. The molecule has 0 radical (unpaired) electrons. The van der Waals surface area contributed by atoms with Gasteiger partial charge < -0.3 is 0 Å². The van der Waals surface area contributed by atoms with Crippen molar-refractivity contribution in [3.05, 3.63) is 48.1 Å². The van der Waals surface area contributed by atoms with Crippen LogP contribution in [0.2, 0.25) is 0 Å². The molecule has 18 heavy (non-hydrogen) atoms. The Labute approximate surface area is 114 Å². The summed E-state index contributed by atoms with van der Waals surface area (Å²) in [5, 5.41) is 0. The minimum atomic E-state index is 0.884. The molecule has 0 N–H and O–H groups in total. The van der Waals surface area contributed by atoms with E-state index >= 15 is 0 Å². The third-order valence-electron chi connectivity index (χ3n) is 2.34. The van der Waals surface area contributed by atoms with Crippen LogP contribution in [0.1, 0.15) is 41.0 Å². The molecule has 1 heteroatoms. The van der Waals surface area contributed by atoms with Gasteiger partial charge in [0.05, 0.1) is 0 Å². The second-order valence-electron chi connectivity index (χ2n) is 4.64. The van der Waals surface area contributed by atoms with E-state index in [2.05, 4.69) is 38.9 Å². The second kappa shape index (κ2) is 12.1. The molecule has 0 spiro atoms. The Kier molecular flexibility index (Phi) is 12.8. The maximum atomic E-state index is 3.94. The van der Waals surface area contributed by atoms with Gasteiger partial charge in [0.1, 0.15) is 0 Å². The fourth-order valence-electron chi connectivity index (χ4n) is 0.821. The summed E-state index contributed by atoms with van der Waals surface area (Å²) in [7, 11) is 1.75. The van der Waals surface area contributed by atoms with Crippen LogP contribution in [0.3, 0.4) is 0 Å². The predicted octanol–water partition coefficient (Wildman–Crippen LogP) is 5.37. The van der Waals surface area contributed by atoms with E-state index in [1.807, 2.05) is 32.1 Å². The zero-order chi connectivity index (χ0) is 14.6. The topological polar surface area (TPSA) is 12.4 Å². The fraction of sp³-hybridized carbons (Fsp3) is 0.471. The lowest BCUT2D eigenvalue weighted by atomic mass is 10.1. The molecule has 0 aromatic rings. The summed E-state index contributed by atoms with van der Waals surface area (Å²) >= 11 is 0. The van der Waals surface area contributed by atoms with E-state index in [4.69, 9.17) is 0 Å². The van der Waals surface area contributed by atoms with Crippen molar-refractivity contribution in [3.63, 3.8) is 0 Å². The summed E-state index contributed by atoms with van der Waals surface area (Å²) in [5.74, 6) is 0.884. The molecule has 0 heterocycles. The van der Waals surface area contributed by atoms with Crippen molar-refractivity contribution in [2.75, 3.05) is 7.05 Å². The highest BCUT2D eigenvalue weighted by molar-refractivity contribution is 5.85. The Balaban J connectivity index is 0. The molecule has 0 aromatic heterocycles. The number of allylic oxidation sites excluding steroid dienone is 6. The van der Waals surface area contributed by atoms with Crippen molar-refractivity contribution in [1.82, 2.24) is 0 Å². The van der Waals surface area contributed by atoms with E-state index in [1.54, 1.807) is 13.3 Å². The molecule has 0 rings (SSSR count). The van der Waals surface area contributed by atoms with Crippen molar-refractivity contribution < 1.29 is 0 Å². The van der Waals surface area contributed by atoms with Crippen LogP contribution < -0.4 is 0 Å². The lowest BCUT2D eigenvalue weighted by molar-refractivity contribution is 0.626. The number of hydrogen-bond donors (Lipinski definition) is 0. The highest BCUT2D eigenvalue weighted by Crippen LogP contribution is 2.07. The largest absolute Gasteiger partial charge is 0.296 e. The Bertz CT molecular complexity index is 328. The molecule has 0 aliphatic heterocycles. The van der Waals surface area contributed by atoms with Gasteiger partial charge in [0, 0.05) is 13.3 Å². The van der Waals surface area contributed by atoms with Crippen LogP contribution in [0.5, 0.6) is 0 Å². The molecule has 0 aromatic carbocycles. The van der Waals surface area contributed by atoms with Gasteiger partial charge in [0.25, 0.3) is 0 Å². The first-order chi connectivity index (χ1) is 8.38. The lowest BCUT2D eigenvalue weighted by Crippen LogP contribution is -1.86. The molecule has 0 unspecified atom stereocenters. The Morgan fingerprint density at radius 3 is 2.00 bits per heavy atom. The SMILES string of the molecule is C=C(C)/C=C\C(=C)/C(C=NC)=C/C.CCC(C)C. The van der Waals surface area contributed by atoms with E-state index in [1.165, 1.54) is 6.42 Å². The normalized spacial score (nSPS) is 11.8. The van der Waals surface area contributed by atoms with E-state index in [0.29, 0.717) is 0 Å². The fourth-order valence-corrected chi connectivity index (χ4v) is 0.821. The molecule has 0 aliphatic rings. The molecule has 0 bridgehead atoms. The van der Waals surface area contributed by atoms with Gasteiger partial charge in [-0.2, -0.15) is 0 Å². The van der Waals surface area contributed by atoms with Crippen LogP contribution >= 0.6 is 0 Å². The second-order valence-corrected chi connectivity index (χ2v) is 4.64. The predicted molar refractivity (Wildman–Crippen MR) is 86.4 cm³/mol. The van der Waals surface area contributed by atoms with Gasteiger partial charge in [-0.15, -0.1) is 0 Å². The molecular formula is C17H29N. The van der Waals surface area contributed by atoms with Crippen molar-refractivity contribution in [2.45, 2.75) is 41.0 Å². The average molecular weight is 247 g/mol. The van der Waals surface area contributed by atoms with Gasteiger partial charge in [0.2, 0.25) is 0 Å². The summed E-state index contributed by atoms with van der Waals surface area (Å²) in [5.41, 5.74) is 3.01. The molecule has 0 atom stereocenters. The van der Waals surface area contributed by atoms with E-state index < -0.39 is 0 Å². The minimum absolute atomic E-state index is 0.884. The Morgan fingerprint density at radius 1 is 1.22 bits per heavy atom. The van der Waals surface area contributed by atoms with Crippen molar-refractivity contribution in [3.8, 4) is 0 Å². The van der Waals surface area contributed by atoms with Crippen molar-refractivity contribution in [2.24, 2.45) is 10.9 Å². The molecule has 0 saturated heterocycles. The van der Waals surface area contributed by atoms with Gasteiger partial charge in [-0.1, -0.05) is 64.2 Å². The van der Waals surface area contributed by atoms with Crippen LogP contribution in [-0.2, 0) is 0 Å². The molecule has 0 amide bonds. The van der Waals surface area contributed by atoms with Crippen molar-refractivity contribution in [1.29, 1.82) is 0 Å². The van der Waals surface area contributed by atoms with E-state index in [0.717, 1.165) is 22.6 Å². The monoisotopic (exact) mass is 247 g/mol. The zero-order valence-electron chi connectivity index (χ0n) is 13.0. The summed E-state index contributed by atoms with van der Waals surface area (Å²) in [4.78, 5) is 3.94. The minimum Gasteiger partial charge on any atom is -0.296 e. The van der Waals surface area contributed by atoms with Crippen LogP contribution in [0.25, 0.3) is 0 Å². The third-order valence-corrected chi connectivity index (χ3v) is 2.34. The van der Waals surface area contributed by atoms with E-state index in [-0.39, 0.29) is 0 Å². The highest BCUT2D eigenvalue weighted by Gasteiger charge is 1.92. The maximum absolute atomic E-state index is 3.94. The van der Waals surface area contributed by atoms with Crippen LogP contribution in [0, 0.1) is 5.92 Å². The first-order valence-electron chi connectivity index (χ1n) is 6.50. The van der Waals surface area contributed by atoms with Crippen LogP contribution in [-0.4, -0.2) is 13.3 Å². The molecule has 1 nitrogen and oxygen atoms in total. The smallest absolute Gasteiger partial charge is 0.0283 e. The summed E-state index contributed by atoms with van der Waals surface area (Å²) in [6.45, 7) is 18.3. The molecule has 0 saturated carbocycles. The first-order valence-corrected chi connectivity index (χ1v) is 6.50. The van der Waals surface area contributed by atoms with Crippen LogP contribution in [0.15, 0.2) is 53.1 Å². The van der Waals surface area contributed by atoms with Gasteiger partial charge >= 0.3 is 0 Å². The van der Waals surface area contributed by atoms with Gasteiger partial charge in [-0.3, -0.25) is 4.99 Å². The van der Waals surface area contributed by atoms with Crippen LogP contribution in [0.4, 0.5) is 0 Å². The number of hydrogen-bond acceptors (Lipinski definition) is 1. The Hall–Kier alpha value is -1.37. The standard InChI is InChI=1S/C12H17N.C5H12/c1-6-12(9-13-5)11(4)8-7-10(2)3;1-4-5(2)3/h6-9H,2,4H2,1,3,5H3;5H,4H2,1-3H3/b8-7-,12-6+,13-9?;. The summed E-state index contributed by atoms with van der Waals surface area (Å²) in [6.07, 6.45) is 8.97. The van der Waals surface area contributed by atoms with Gasteiger partial charge in [0.15, 0.2) is 0 Å². The van der Waals surface area contributed by atoms with Gasteiger partial charge in [-0.05, 0) is 30.9 Å². The number of nitrogens with zero attached hydrogens (tertiary/aromatic N) is 1. The van der Waals surface area contributed by atoms with E-state index in [9.17, 15) is 0 Å². The molecular weight excluding hydrogens is 218 g/mol. The zero-order valence-corrected chi connectivity index (χ0v) is 13.0. The highest BCUT2D eigenvalue weighted by atomic mass is 14.6. The molecule has 0 aliphatic carbocycles. The molecule has 102 valence electrons. The Morgan fingerprint density at radius 2 is 1.72 bits per heavy atom. The maximum Gasteiger partial charge on any atom is 0.0283 e. The van der Waals surface area contributed by atoms with Gasteiger partial charge in [-0.25, -0.2) is 0 Å². The quantitative estimate of drug-likeness (QED) is 0.457. The lowest BCUT2D eigenvalue weighted by Gasteiger charge is -1.98. The summed E-state index contributed by atoms with van der Waals surface area (Å²) in [6, 6.07) is 0. The third kappa shape index (κ3) is 12.7.